The van der Waals surface area contributed by atoms with E-state index in [9.17, 15) is 5.11 Å². The molecule has 1 aliphatic rings. The van der Waals surface area contributed by atoms with Crippen LogP contribution in [0.3, 0.4) is 0 Å². The average Bonchev–Trinajstić information content (AvgIpc) is 2.12. The summed E-state index contributed by atoms with van der Waals surface area (Å²) in [5.74, 6) is 0.00231. The monoisotopic (exact) mass is 116 g/mol. The molecule has 0 saturated heterocycles. The second-order valence-corrected chi connectivity index (χ2v) is 2.04. The summed E-state index contributed by atoms with van der Waals surface area (Å²) >= 11 is 0. The molecule has 0 radical (unpaired) electrons. The van der Waals surface area contributed by atoms with E-state index in [0.717, 1.165) is 24.8 Å². The first kappa shape index (κ1) is 8.88. The van der Waals surface area contributed by atoms with E-state index in [1.165, 1.54) is 0 Å². The standard InChI is InChI=1S/C7H10O.Li/c1-6(8)7-4-2-3-5-7;/h4,8H,1-3,5H2;/q;+1/p-1. The molecular formula is C7H9LiO. The van der Waals surface area contributed by atoms with Crippen molar-refractivity contribution < 1.29 is 24.0 Å². The summed E-state index contributed by atoms with van der Waals surface area (Å²) in [4.78, 5) is 0. The van der Waals surface area contributed by atoms with E-state index >= 15 is 0 Å². The van der Waals surface area contributed by atoms with Gasteiger partial charge in [0, 0.05) is 0 Å². The normalized spacial score (nSPS) is 16.2. The number of hydrogen-bond acceptors (Lipinski definition) is 1. The fourth-order valence-corrected chi connectivity index (χ4v) is 0.924. The molecule has 0 fully saturated rings. The average molecular weight is 116 g/mol. The molecule has 0 N–H and O–H groups in total. The third-order valence-electron chi connectivity index (χ3n) is 1.40. The minimum absolute atomic E-state index is 0. The van der Waals surface area contributed by atoms with Crippen molar-refractivity contribution in [2.75, 3.05) is 0 Å². The molecule has 2 heteroatoms. The summed E-state index contributed by atoms with van der Waals surface area (Å²) in [6.07, 6.45) is 5.13. The predicted molar refractivity (Wildman–Crippen MR) is 31.1 cm³/mol. The van der Waals surface area contributed by atoms with Gasteiger partial charge in [-0.2, -0.15) is 0 Å². The van der Waals surface area contributed by atoms with Crippen LogP contribution in [0.25, 0.3) is 0 Å². The Morgan fingerprint density at radius 1 is 1.67 bits per heavy atom. The van der Waals surface area contributed by atoms with E-state index in [0.29, 0.717) is 0 Å². The van der Waals surface area contributed by atoms with Gasteiger partial charge in [0.2, 0.25) is 0 Å². The summed E-state index contributed by atoms with van der Waals surface area (Å²) in [5, 5.41) is 10.5. The van der Waals surface area contributed by atoms with Gasteiger partial charge in [0.15, 0.2) is 0 Å². The summed E-state index contributed by atoms with van der Waals surface area (Å²) in [6, 6.07) is 0. The van der Waals surface area contributed by atoms with Crippen LogP contribution in [0.4, 0.5) is 0 Å². The third-order valence-corrected chi connectivity index (χ3v) is 1.40. The molecule has 0 aliphatic heterocycles. The van der Waals surface area contributed by atoms with Gasteiger partial charge in [0.25, 0.3) is 0 Å². The van der Waals surface area contributed by atoms with Crippen LogP contribution in [0.2, 0.25) is 0 Å². The van der Waals surface area contributed by atoms with Crippen molar-refractivity contribution >= 4 is 0 Å². The van der Waals surface area contributed by atoms with Gasteiger partial charge in [-0.05, 0) is 19.3 Å². The van der Waals surface area contributed by atoms with Gasteiger partial charge in [-0.3, -0.25) is 0 Å². The van der Waals surface area contributed by atoms with Crippen LogP contribution in [0.1, 0.15) is 19.3 Å². The molecule has 0 saturated carbocycles. The van der Waals surface area contributed by atoms with Crippen LogP contribution < -0.4 is 24.0 Å². The van der Waals surface area contributed by atoms with Gasteiger partial charge >= 0.3 is 18.9 Å². The van der Waals surface area contributed by atoms with E-state index in [-0.39, 0.29) is 24.6 Å². The van der Waals surface area contributed by atoms with E-state index in [2.05, 4.69) is 6.58 Å². The maximum Gasteiger partial charge on any atom is 1.00 e. The fourth-order valence-electron chi connectivity index (χ4n) is 0.924. The topological polar surface area (TPSA) is 23.1 Å². The second-order valence-electron chi connectivity index (χ2n) is 2.04. The van der Waals surface area contributed by atoms with E-state index in [4.69, 9.17) is 0 Å². The number of allylic oxidation sites excluding steroid dienone is 2. The fraction of sp³-hybridized carbons (Fsp3) is 0.429. The van der Waals surface area contributed by atoms with Gasteiger partial charge in [0.05, 0.1) is 0 Å². The molecule has 0 spiro atoms. The Morgan fingerprint density at radius 3 is 2.56 bits per heavy atom. The first-order valence-electron chi connectivity index (χ1n) is 2.86. The first-order chi connectivity index (χ1) is 3.80. The van der Waals surface area contributed by atoms with Crippen molar-refractivity contribution in [1.82, 2.24) is 0 Å². The van der Waals surface area contributed by atoms with Crippen LogP contribution >= 0.6 is 0 Å². The summed E-state index contributed by atoms with van der Waals surface area (Å²) in [6.45, 7) is 3.31. The zero-order valence-corrected chi connectivity index (χ0v) is 5.81. The SMILES string of the molecule is C=C([O-])C1=CCCC1.[Li+]. The molecule has 0 aromatic rings. The van der Waals surface area contributed by atoms with Crippen LogP contribution in [-0.4, -0.2) is 0 Å². The molecule has 0 atom stereocenters. The zero-order valence-electron chi connectivity index (χ0n) is 5.81. The first-order valence-corrected chi connectivity index (χ1v) is 2.86. The van der Waals surface area contributed by atoms with Crippen LogP contribution in [-0.2, 0) is 0 Å². The predicted octanol–water partition coefficient (Wildman–Crippen LogP) is -2.03. The maximum absolute atomic E-state index is 10.5. The van der Waals surface area contributed by atoms with Crippen LogP contribution in [0.5, 0.6) is 0 Å². The molecule has 0 amide bonds. The second kappa shape index (κ2) is 3.82. The van der Waals surface area contributed by atoms with Gasteiger partial charge in [-0.15, -0.1) is 12.3 Å². The molecule has 0 bridgehead atoms. The van der Waals surface area contributed by atoms with Crippen molar-refractivity contribution in [3.63, 3.8) is 0 Å². The molecule has 0 heterocycles. The molecule has 1 aliphatic carbocycles. The van der Waals surface area contributed by atoms with Crippen molar-refractivity contribution in [1.29, 1.82) is 0 Å². The Bertz CT molecular complexity index is 138. The zero-order chi connectivity index (χ0) is 5.98. The largest absolute Gasteiger partial charge is 1.00 e. The summed E-state index contributed by atoms with van der Waals surface area (Å²) in [7, 11) is 0. The molecule has 0 unspecified atom stereocenters. The van der Waals surface area contributed by atoms with E-state index in [1.807, 2.05) is 6.08 Å². The van der Waals surface area contributed by atoms with E-state index in [1.54, 1.807) is 0 Å². The molecule has 9 heavy (non-hydrogen) atoms. The minimum Gasteiger partial charge on any atom is -0.873 e. The van der Waals surface area contributed by atoms with Crippen molar-refractivity contribution in [2.24, 2.45) is 0 Å². The van der Waals surface area contributed by atoms with Crippen LogP contribution in [0.15, 0.2) is 24.0 Å². The Labute approximate surface area is 67.6 Å². The molecule has 44 valence electrons. The van der Waals surface area contributed by atoms with Gasteiger partial charge in [0.1, 0.15) is 0 Å². The molecule has 0 aromatic heterocycles. The van der Waals surface area contributed by atoms with Crippen molar-refractivity contribution in [2.45, 2.75) is 19.3 Å². The third kappa shape index (κ3) is 2.30. The van der Waals surface area contributed by atoms with E-state index < -0.39 is 0 Å². The van der Waals surface area contributed by atoms with Gasteiger partial charge < -0.3 is 5.11 Å². The number of hydrogen-bond donors (Lipinski definition) is 0. The molecule has 1 nitrogen and oxygen atoms in total. The van der Waals surface area contributed by atoms with Gasteiger partial charge in [-0.1, -0.05) is 11.6 Å². The quantitative estimate of drug-likeness (QED) is 0.286. The Morgan fingerprint density at radius 2 is 2.33 bits per heavy atom. The Hall–Kier alpha value is -0.123. The van der Waals surface area contributed by atoms with Gasteiger partial charge in [-0.25, -0.2) is 0 Å². The molecule has 0 aromatic carbocycles. The summed E-state index contributed by atoms with van der Waals surface area (Å²) in [5.41, 5.74) is 0.921. The van der Waals surface area contributed by atoms with Crippen molar-refractivity contribution in [3.05, 3.63) is 24.0 Å². The Balaban J connectivity index is 0.000000640. The smallest absolute Gasteiger partial charge is 0.873 e. The Kier molecular flexibility index (Phi) is 3.77. The minimum atomic E-state index is 0. The van der Waals surface area contributed by atoms with Crippen LogP contribution in [0, 0.1) is 0 Å². The maximum atomic E-state index is 10.5. The molecular weight excluding hydrogens is 107 g/mol. The van der Waals surface area contributed by atoms with Crippen molar-refractivity contribution in [3.8, 4) is 0 Å². The number of rotatable bonds is 1. The molecule has 1 rings (SSSR count). The summed E-state index contributed by atoms with van der Waals surface area (Å²) < 4.78 is 0.